The minimum atomic E-state index is 1.11. The van der Waals surface area contributed by atoms with Crippen LogP contribution in [0.4, 0.5) is 17.1 Å². The van der Waals surface area contributed by atoms with Crippen LogP contribution in [0.5, 0.6) is 0 Å². The predicted molar refractivity (Wildman–Crippen MR) is 233 cm³/mol. The molecule has 10 rings (SSSR count). The lowest BCUT2D eigenvalue weighted by Gasteiger charge is -2.26. The minimum Gasteiger partial charge on any atom is -0.310 e. The summed E-state index contributed by atoms with van der Waals surface area (Å²) in [6, 6.07) is 77.1. The second-order valence-corrected chi connectivity index (χ2v) is 14.8. The molecule has 1 heterocycles. The number of anilines is 3. The quantitative estimate of drug-likeness (QED) is 0.160. The van der Waals surface area contributed by atoms with Crippen molar-refractivity contribution in [2.45, 2.75) is 0 Å². The maximum absolute atomic E-state index is 2.38. The molecular weight excluding hydrogens is 671 g/mol. The predicted octanol–water partition coefficient (Wildman–Crippen LogP) is 15.3. The van der Waals surface area contributed by atoms with Crippen molar-refractivity contribution in [2.75, 3.05) is 4.90 Å². The molecule has 0 saturated carbocycles. The monoisotopic (exact) mass is 705 g/mol. The Morgan fingerprint density at radius 1 is 0.296 bits per heavy atom. The van der Waals surface area contributed by atoms with Crippen LogP contribution < -0.4 is 4.90 Å². The molecule has 0 N–H and O–H groups in total. The molecule has 0 amide bonds. The summed E-state index contributed by atoms with van der Waals surface area (Å²) in [7, 11) is 0. The maximum Gasteiger partial charge on any atom is 0.0467 e. The topological polar surface area (TPSA) is 3.24 Å². The normalized spacial score (nSPS) is 11.3. The molecule has 0 fully saturated rings. The zero-order valence-electron chi connectivity index (χ0n) is 29.6. The summed E-state index contributed by atoms with van der Waals surface area (Å²) < 4.78 is 2.64. The van der Waals surface area contributed by atoms with Crippen molar-refractivity contribution in [3.63, 3.8) is 0 Å². The summed E-state index contributed by atoms with van der Waals surface area (Å²) in [4.78, 5) is 2.38. The van der Waals surface area contributed by atoms with Crippen LogP contribution in [0.2, 0.25) is 0 Å². The second kappa shape index (κ2) is 13.7. The average Bonchev–Trinajstić information content (AvgIpc) is 3.64. The van der Waals surface area contributed by atoms with Gasteiger partial charge in [-0.2, -0.15) is 0 Å². The number of thiophene rings is 1. The molecule has 1 nitrogen and oxygen atoms in total. The Balaban J connectivity index is 1.04. The van der Waals surface area contributed by atoms with Crippen LogP contribution in [0.3, 0.4) is 0 Å². The molecule has 0 spiro atoms. The summed E-state index contributed by atoms with van der Waals surface area (Å²) in [5.74, 6) is 0. The van der Waals surface area contributed by atoms with Crippen molar-refractivity contribution in [3.8, 4) is 44.5 Å². The molecule has 0 aliphatic rings. The molecule has 10 aromatic rings. The Morgan fingerprint density at radius 3 is 1.54 bits per heavy atom. The highest BCUT2D eigenvalue weighted by Crippen LogP contribution is 2.43. The lowest BCUT2D eigenvalue weighted by Crippen LogP contribution is -2.10. The molecule has 0 aliphatic carbocycles. The van der Waals surface area contributed by atoms with Gasteiger partial charge in [0.15, 0.2) is 0 Å². The van der Waals surface area contributed by atoms with Crippen LogP contribution in [0.25, 0.3) is 75.5 Å². The Labute approximate surface area is 319 Å². The number of benzene rings is 9. The van der Waals surface area contributed by atoms with Crippen molar-refractivity contribution < 1.29 is 0 Å². The van der Waals surface area contributed by atoms with Gasteiger partial charge in [0, 0.05) is 37.2 Å². The third-order valence-corrected chi connectivity index (χ3v) is 11.7. The van der Waals surface area contributed by atoms with Gasteiger partial charge in [-0.15, -0.1) is 11.3 Å². The highest BCUT2D eigenvalue weighted by molar-refractivity contribution is 7.26. The highest BCUT2D eigenvalue weighted by atomic mass is 32.1. The number of fused-ring (bicyclic) bond motifs is 4. The van der Waals surface area contributed by atoms with Crippen molar-refractivity contribution in [2.24, 2.45) is 0 Å². The zero-order valence-corrected chi connectivity index (χ0v) is 30.4. The molecule has 1 aromatic heterocycles. The van der Waals surface area contributed by atoms with E-state index < -0.39 is 0 Å². The van der Waals surface area contributed by atoms with Crippen molar-refractivity contribution >= 4 is 59.3 Å². The third kappa shape index (κ3) is 5.93. The molecule has 0 radical (unpaired) electrons. The Bertz CT molecular complexity index is 2900. The van der Waals surface area contributed by atoms with Crippen LogP contribution >= 0.6 is 11.3 Å². The van der Waals surface area contributed by atoms with Gasteiger partial charge in [-0.1, -0.05) is 164 Å². The van der Waals surface area contributed by atoms with E-state index >= 15 is 0 Å². The maximum atomic E-state index is 2.38. The average molecular weight is 706 g/mol. The smallest absolute Gasteiger partial charge is 0.0467 e. The molecule has 9 aromatic carbocycles. The van der Waals surface area contributed by atoms with E-state index in [1.807, 2.05) is 11.3 Å². The van der Waals surface area contributed by atoms with E-state index in [9.17, 15) is 0 Å². The molecule has 0 unspecified atom stereocenters. The van der Waals surface area contributed by atoms with Gasteiger partial charge >= 0.3 is 0 Å². The van der Waals surface area contributed by atoms with Crippen LogP contribution in [0.15, 0.2) is 212 Å². The standard InChI is InChI=1S/C52H35NS/c1-2-10-36(11-3-1)38-20-22-39(23-21-38)40-26-30-45(31-27-40)53(46-32-28-41(29-33-46)43-25-24-37-12-4-5-13-42(37)34-43)47-15-8-14-44(35-47)48-17-9-18-50-49-16-6-7-19-51(49)54-52(48)50/h1-35H. The molecule has 254 valence electrons. The fraction of sp³-hybridized carbons (Fsp3) is 0. The fourth-order valence-electron chi connectivity index (χ4n) is 7.69. The lowest BCUT2D eigenvalue weighted by atomic mass is 9.99. The number of hydrogen-bond acceptors (Lipinski definition) is 2. The molecule has 2 heteroatoms. The molecule has 54 heavy (non-hydrogen) atoms. The first kappa shape index (κ1) is 32.0. The van der Waals surface area contributed by atoms with Gasteiger partial charge in [0.25, 0.3) is 0 Å². The van der Waals surface area contributed by atoms with Gasteiger partial charge < -0.3 is 4.90 Å². The highest BCUT2D eigenvalue weighted by Gasteiger charge is 2.16. The van der Waals surface area contributed by atoms with E-state index in [2.05, 4.69) is 217 Å². The zero-order chi connectivity index (χ0) is 35.8. The van der Waals surface area contributed by atoms with Crippen molar-refractivity contribution in [3.05, 3.63) is 212 Å². The fourth-order valence-corrected chi connectivity index (χ4v) is 8.93. The van der Waals surface area contributed by atoms with Gasteiger partial charge in [0.2, 0.25) is 0 Å². The van der Waals surface area contributed by atoms with Gasteiger partial charge in [-0.3, -0.25) is 0 Å². The third-order valence-electron chi connectivity index (χ3n) is 10.5. The second-order valence-electron chi connectivity index (χ2n) is 13.8. The van der Waals surface area contributed by atoms with E-state index in [1.54, 1.807) is 0 Å². The van der Waals surface area contributed by atoms with E-state index in [1.165, 1.54) is 75.5 Å². The van der Waals surface area contributed by atoms with Crippen LogP contribution in [-0.4, -0.2) is 0 Å². The van der Waals surface area contributed by atoms with Gasteiger partial charge in [-0.25, -0.2) is 0 Å². The molecule has 0 bridgehead atoms. The number of nitrogens with zero attached hydrogens (tertiary/aromatic N) is 1. The van der Waals surface area contributed by atoms with Gasteiger partial charge in [-0.05, 0) is 104 Å². The Hall–Kier alpha value is -6.74. The number of hydrogen-bond donors (Lipinski definition) is 0. The summed E-state index contributed by atoms with van der Waals surface area (Å²) in [5.41, 5.74) is 13.1. The van der Waals surface area contributed by atoms with Crippen molar-refractivity contribution in [1.29, 1.82) is 0 Å². The molecule has 0 saturated heterocycles. The summed E-state index contributed by atoms with van der Waals surface area (Å²) >= 11 is 1.88. The Morgan fingerprint density at radius 2 is 0.815 bits per heavy atom. The number of rotatable bonds is 7. The summed E-state index contributed by atoms with van der Waals surface area (Å²) in [6.45, 7) is 0. The van der Waals surface area contributed by atoms with E-state index in [0.717, 1.165) is 17.1 Å². The van der Waals surface area contributed by atoms with E-state index in [4.69, 9.17) is 0 Å². The van der Waals surface area contributed by atoms with Crippen LogP contribution in [0, 0.1) is 0 Å². The van der Waals surface area contributed by atoms with Gasteiger partial charge in [0.05, 0.1) is 0 Å². The first-order valence-corrected chi connectivity index (χ1v) is 19.2. The summed E-state index contributed by atoms with van der Waals surface area (Å²) in [5, 5.41) is 5.14. The Kier molecular flexibility index (Phi) is 8.09. The largest absolute Gasteiger partial charge is 0.310 e. The van der Waals surface area contributed by atoms with E-state index in [-0.39, 0.29) is 0 Å². The molecular formula is C52H35NS. The van der Waals surface area contributed by atoms with E-state index in [0.29, 0.717) is 0 Å². The first-order chi connectivity index (χ1) is 26.7. The first-order valence-electron chi connectivity index (χ1n) is 18.4. The lowest BCUT2D eigenvalue weighted by molar-refractivity contribution is 1.28. The SMILES string of the molecule is c1ccc(-c2ccc(-c3ccc(N(c4ccc(-c5ccc6ccccc6c5)cc4)c4cccc(-c5cccc6c5sc5ccccc56)c4)cc3)cc2)cc1. The summed E-state index contributed by atoms with van der Waals surface area (Å²) in [6.07, 6.45) is 0. The van der Waals surface area contributed by atoms with Crippen molar-refractivity contribution in [1.82, 2.24) is 0 Å². The van der Waals surface area contributed by atoms with Crippen LogP contribution in [-0.2, 0) is 0 Å². The molecule has 0 aliphatic heterocycles. The van der Waals surface area contributed by atoms with Crippen LogP contribution in [0.1, 0.15) is 0 Å². The van der Waals surface area contributed by atoms with Gasteiger partial charge in [0.1, 0.15) is 0 Å². The minimum absolute atomic E-state index is 1.11. The molecule has 0 atom stereocenters.